The van der Waals surface area contributed by atoms with Gasteiger partial charge in [0.1, 0.15) is 5.82 Å². The minimum atomic E-state index is 0.178. The van der Waals surface area contributed by atoms with Crippen LogP contribution in [-0.4, -0.2) is 30.2 Å². The monoisotopic (exact) mass is 219 g/mol. The minimum absolute atomic E-state index is 0.178. The SMILES string of the molecule is Cc1cnc(N2CCNC(C)(C)C2)c(C)c1. The van der Waals surface area contributed by atoms with Gasteiger partial charge in [-0.1, -0.05) is 6.07 Å². The van der Waals surface area contributed by atoms with Crippen molar-refractivity contribution in [1.82, 2.24) is 10.3 Å². The zero-order chi connectivity index (χ0) is 11.8. The van der Waals surface area contributed by atoms with E-state index in [1.165, 1.54) is 11.1 Å². The molecule has 16 heavy (non-hydrogen) atoms. The third-order valence-electron chi connectivity index (χ3n) is 3.06. The molecule has 0 radical (unpaired) electrons. The van der Waals surface area contributed by atoms with Gasteiger partial charge in [0.05, 0.1) is 0 Å². The Labute approximate surface area is 97.9 Å². The quantitative estimate of drug-likeness (QED) is 0.782. The number of anilines is 1. The van der Waals surface area contributed by atoms with Crippen molar-refractivity contribution in [1.29, 1.82) is 0 Å². The van der Waals surface area contributed by atoms with Gasteiger partial charge in [0.2, 0.25) is 0 Å². The zero-order valence-electron chi connectivity index (χ0n) is 10.7. The second kappa shape index (κ2) is 4.06. The topological polar surface area (TPSA) is 28.2 Å². The van der Waals surface area contributed by atoms with Crippen molar-refractivity contribution >= 4 is 5.82 Å². The number of hydrogen-bond donors (Lipinski definition) is 1. The Morgan fingerprint density at radius 2 is 2.12 bits per heavy atom. The highest BCUT2D eigenvalue weighted by Gasteiger charge is 2.26. The van der Waals surface area contributed by atoms with Gasteiger partial charge in [-0.25, -0.2) is 4.98 Å². The summed E-state index contributed by atoms with van der Waals surface area (Å²) in [7, 11) is 0. The van der Waals surface area contributed by atoms with Crippen molar-refractivity contribution in [3.05, 3.63) is 23.4 Å². The van der Waals surface area contributed by atoms with E-state index in [-0.39, 0.29) is 5.54 Å². The maximum Gasteiger partial charge on any atom is 0.131 e. The van der Waals surface area contributed by atoms with Crippen molar-refractivity contribution in [2.24, 2.45) is 0 Å². The highest BCUT2D eigenvalue weighted by molar-refractivity contribution is 5.48. The molecule has 0 saturated carbocycles. The van der Waals surface area contributed by atoms with Crippen LogP contribution in [0.15, 0.2) is 12.3 Å². The molecule has 1 aliphatic heterocycles. The van der Waals surface area contributed by atoms with E-state index in [2.05, 4.69) is 49.0 Å². The minimum Gasteiger partial charge on any atom is -0.353 e. The van der Waals surface area contributed by atoms with E-state index in [1.54, 1.807) is 0 Å². The molecule has 1 saturated heterocycles. The van der Waals surface area contributed by atoms with Gasteiger partial charge in [0.15, 0.2) is 0 Å². The molecule has 1 fully saturated rings. The van der Waals surface area contributed by atoms with E-state index >= 15 is 0 Å². The maximum absolute atomic E-state index is 4.57. The molecule has 2 heterocycles. The largest absolute Gasteiger partial charge is 0.353 e. The molecule has 0 bridgehead atoms. The highest BCUT2D eigenvalue weighted by Crippen LogP contribution is 2.21. The third-order valence-corrected chi connectivity index (χ3v) is 3.06. The summed E-state index contributed by atoms with van der Waals surface area (Å²) >= 11 is 0. The van der Waals surface area contributed by atoms with Gasteiger partial charge in [-0.05, 0) is 38.8 Å². The molecule has 0 amide bonds. The third kappa shape index (κ3) is 2.35. The molecule has 0 unspecified atom stereocenters. The Kier molecular flexibility index (Phi) is 2.89. The van der Waals surface area contributed by atoms with E-state index in [0.29, 0.717) is 0 Å². The van der Waals surface area contributed by atoms with Gasteiger partial charge in [-0.2, -0.15) is 0 Å². The van der Waals surface area contributed by atoms with Crippen LogP contribution >= 0.6 is 0 Å². The molecular weight excluding hydrogens is 198 g/mol. The summed E-state index contributed by atoms with van der Waals surface area (Å²) in [6.07, 6.45) is 1.96. The second-order valence-electron chi connectivity index (χ2n) is 5.39. The Bertz CT molecular complexity index is 385. The lowest BCUT2D eigenvalue weighted by atomic mass is 10.0. The molecule has 0 aromatic carbocycles. The van der Waals surface area contributed by atoms with Crippen LogP contribution < -0.4 is 10.2 Å². The first-order valence-electron chi connectivity index (χ1n) is 5.91. The highest BCUT2D eigenvalue weighted by atomic mass is 15.3. The van der Waals surface area contributed by atoms with Crippen molar-refractivity contribution in [2.75, 3.05) is 24.5 Å². The van der Waals surface area contributed by atoms with E-state index < -0.39 is 0 Å². The lowest BCUT2D eigenvalue weighted by Crippen LogP contribution is -2.57. The van der Waals surface area contributed by atoms with Crippen molar-refractivity contribution in [3.8, 4) is 0 Å². The number of aryl methyl sites for hydroxylation is 2. The van der Waals surface area contributed by atoms with E-state index in [9.17, 15) is 0 Å². The first-order valence-corrected chi connectivity index (χ1v) is 5.91. The van der Waals surface area contributed by atoms with Gasteiger partial charge in [-0.3, -0.25) is 0 Å². The predicted molar refractivity (Wildman–Crippen MR) is 68.0 cm³/mol. The zero-order valence-corrected chi connectivity index (χ0v) is 10.7. The summed E-state index contributed by atoms with van der Waals surface area (Å²) in [6, 6.07) is 2.21. The molecule has 0 atom stereocenters. The summed E-state index contributed by atoms with van der Waals surface area (Å²) in [5.41, 5.74) is 2.69. The second-order valence-corrected chi connectivity index (χ2v) is 5.39. The lowest BCUT2D eigenvalue weighted by Gasteiger charge is -2.40. The van der Waals surface area contributed by atoms with Crippen molar-refractivity contribution in [2.45, 2.75) is 33.2 Å². The van der Waals surface area contributed by atoms with Crippen LogP contribution in [0.25, 0.3) is 0 Å². The van der Waals surface area contributed by atoms with Crippen LogP contribution in [0.1, 0.15) is 25.0 Å². The summed E-state index contributed by atoms with van der Waals surface area (Å²) < 4.78 is 0. The smallest absolute Gasteiger partial charge is 0.131 e. The van der Waals surface area contributed by atoms with Crippen LogP contribution in [0, 0.1) is 13.8 Å². The van der Waals surface area contributed by atoms with Crippen molar-refractivity contribution in [3.63, 3.8) is 0 Å². The van der Waals surface area contributed by atoms with E-state index in [0.717, 1.165) is 25.5 Å². The molecule has 1 aromatic heterocycles. The standard InChI is InChI=1S/C13H21N3/c1-10-7-11(2)12(14-8-10)16-6-5-15-13(3,4)9-16/h7-8,15H,5-6,9H2,1-4H3. The van der Waals surface area contributed by atoms with Crippen LogP contribution in [0.4, 0.5) is 5.82 Å². The fraction of sp³-hybridized carbons (Fsp3) is 0.615. The van der Waals surface area contributed by atoms with Gasteiger partial charge in [-0.15, -0.1) is 0 Å². The molecule has 3 nitrogen and oxygen atoms in total. The Hall–Kier alpha value is -1.09. The number of rotatable bonds is 1. The molecule has 3 heteroatoms. The summed E-state index contributed by atoms with van der Waals surface area (Å²) in [5, 5.41) is 3.52. The summed E-state index contributed by atoms with van der Waals surface area (Å²) in [4.78, 5) is 6.95. The van der Waals surface area contributed by atoms with E-state index in [1.807, 2.05) is 6.20 Å². The Morgan fingerprint density at radius 3 is 2.75 bits per heavy atom. The molecule has 1 aromatic rings. The van der Waals surface area contributed by atoms with Gasteiger partial charge >= 0.3 is 0 Å². The summed E-state index contributed by atoms with van der Waals surface area (Å²) in [5.74, 6) is 1.14. The normalized spacial score (nSPS) is 19.9. The fourth-order valence-corrected chi connectivity index (χ4v) is 2.36. The number of nitrogens with zero attached hydrogens (tertiary/aromatic N) is 2. The first kappa shape index (κ1) is 11.4. The Balaban J connectivity index is 2.23. The molecule has 1 N–H and O–H groups in total. The van der Waals surface area contributed by atoms with Gasteiger partial charge < -0.3 is 10.2 Å². The molecule has 1 aliphatic rings. The lowest BCUT2D eigenvalue weighted by molar-refractivity contribution is 0.351. The molecule has 2 rings (SSSR count). The van der Waals surface area contributed by atoms with Crippen LogP contribution in [0.5, 0.6) is 0 Å². The maximum atomic E-state index is 4.57. The van der Waals surface area contributed by atoms with Crippen LogP contribution in [0.2, 0.25) is 0 Å². The predicted octanol–water partition coefficient (Wildman–Crippen LogP) is 1.89. The number of hydrogen-bond acceptors (Lipinski definition) is 3. The van der Waals surface area contributed by atoms with Crippen molar-refractivity contribution < 1.29 is 0 Å². The molecule has 88 valence electrons. The Morgan fingerprint density at radius 1 is 1.38 bits per heavy atom. The number of nitrogens with one attached hydrogen (secondary N) is 1. The number of aromatic nitrogens is 1. The van der Waals surface area contributed by atoms with Crippen LogP contribution in [-0.2, 0) is 0 Å². The van der Waals surface area contributed by atoms with Gasteiger partial charge in [0.25, 0.3) is 0 Å². The average Bonchev–Trinajstić information content (AvgIpc) is 2.15. The average molecular weight is 219 g/mol. The molecular formula is C13H21N3. The number of piperazine rings is 1. The first-order chi connectivity index (χ1) is 7.48. The number of pyridine rings is 1. The summed E-state index contributed by atoms with van der Waals surface area (Å²) in [6.45, 7) is 11.8. The van der Waals surface area contributed by atoms with Gasteiger partial charge in [0, 0.05) is 31.4 Å². The molecule has 0 spiro atoms. The van der Waals surface area contributed by atoms with E-state index in [4.69, 9.17) is 0 Å². The molecule has 0 aliphatic carbocycles. The van der Waals surface area contributed by atoms with Crippen LogP contribution in [0.3, 0.4) is 0 Å². The fourth-order valence-electron chi connectivity index (χ4n) is 2.36.